The van der Waals surface area contributed by atoms with Crippen molar-refractivity contribution in [3.05, 3.63) is 66.6 Å². The third kappa shape index (κ3) is 4.13. The molecule has 118 valence electrons. The van der Waals surface area contributed by atoms with Crippen LogP contribution < -0.4 is 10.1 Å². The van der Waals surface area contributed by atoms with Crippen molar-refractivity contribution < 1.29 is 13.9 Å². The lowest BCUT2D eigenvalue weighted by atomic mass is 10.1. The Bertz CT molecular complexity index is 780. The molecule has 1 N–H and O–H groups in total. The van der Waals surface area contributed by atoms with Gasteiger partial charge in [-0.1, -0.05) is 30.3 Å². The van der Waals surface area contributed by atoms with Crippen molar-refractivity contribution in [2.45, 2.75) is 19.4 Å². The SMILES string of the molecule is CC(Cc1ccco1)NC(=O)COc1ccc2ccccc2c1. The first-order chi connectivity index (χ1) is 11.2. The number of hydrogen-bond acceptors (Lipinski definition) is 3. The third-order valence-electron chi connectivity index (χ3n) is 3.59. The molecular weight excluding hydrogens is 290 g/mol. The average molecular weight is 309 g/mol. The van der Waals surface area contributed by atoms with Gasteiger partial charge in [0.15, 0.2) is 6.61 Å². The monoisotopic (exact) mass is 309 g/mol. The van der Waals surface area contributed by atoms with Gasteiger partial charge >= 0.3 is 0 Å². The van der Waals surface area contributed by atoms with Crippen LogP contribution in [0.3, 0.4) is 0 Å². The summed E-state index contributed by atoms with van der Waals surface area (Å²) in [6.45, 7) is 1.94. The fourth-order valence-corrected chi connectivity index (χ4v) is 2.50. The molecule has 1 unspecified atom stereocenters. The van der Waals surface area contributed by atoms with Crippen LogP contribution in [-0.4, -0.2) is 18.6 Å². The maximum atomic E-state index is 12.0. The molecule has 0 aliphatic carbocycles. The summed E-state index contributed by atoms with van der Waals surface area (Å²) in [6, 6.07) is 17.6. The van der Waals surface area contributed by atoms with Crippen LogP contribution in [0.4, 0.5) is 0 Å². The Morgan fingerprint density at radius 3 is 2.74 bits per heavy atom. The highest BCUT2D eigenvalue weighted by Crippen LogP contribution is 2.20. The molecule has 4 nitrogen and oxygen atoms in total. The van der Waals surface area contributed by atoms with Crippen LogP contribution in [0.25, 0.3) is 10.8 Å². The van der Waals surface area contributed by atoms with E-state index in [1.54, 1.807) is 6.26 Å². The number of ether oxygens (including phenoxy) is 1. The van der Waals surface area contributed by atoms with Crippen molar-refractivity contribution in [3.8, 4) is 5.75 Å². The highest BCUT2D eigenvalue weighted by atomic mass is 16.5. The molecule has 1 heterocycles. The number of nitrogens with one attached hydrogen (secondary N) is 1. The fraction of sp³-hybridized carbons (Fsp3) is 0.211. The molecule has 23 heavy (non-hydrogen) atoms. The summed E-state index contributed by atoms with van der Waals surface area (Å²) in [4.78, 5) is 12.0. The quantitative estimate of drug-likeness (QED) is 0.757. The Morgan fingerprint density at radius 2 is 1.96 bits per heavy atom. The molecule has 0 aliphatic heterocycles. The summed E-state index contributed by atoms with van der Waals surface area (Å²) in [5.41, 5.74) is 0. The predicted octanol–water partition coefficient (Wildman–Crippen LogP) is 3.56. The van der Waals surface area contributed by atoms with Gasteiger partial charge in [-0.05, 0) is 42.0 Å². The van der Waals surface area contributed by atoms with E-state index in [0.717, 1.165) is 16.5 Å². The van der Waals surface area contributed by atoms with E-state index in [2.05, 4.69) is 5.32 Å². The van der Waals surface area contributed by atoms with E-state index in [1.807, 2.05) is 61.5 Å². The van der Waals surface area contributed by atoms with Crippen LogP contribution in [0.1, 0.15) is 12.7 Å². The fourth-order valence-electron chi connectivity index (χ4n) is 2.50. The molecule has 0 bridgehead atoms. The minimum atomic E-state index is -0.141. The van der Waals surface area contributed by atoms with Gasteiger partial charge in [0.25, 0.3) is 5.91 Å². The maximum absolute atomic E-state index is 12.0. The zero-order valence-corrected chi connectivity index (χ0v) is 13.0. The van der Waals surface area contributed by atoms with Gasteiger partial charge in [-0.25, -0.2) is 0 Å². The Morgan fingerprint density at radius 1 is 1.13 bits per heavy atom. The van der Waals surface area contributed by atoms with Crippen LogP contribution in [-0.2, 0) is 11.2 Å². The predicted molar refractivity (Wildman–Crippen MR) is 89.5 cm³/mol. The van der Waals surface area contributed by atoms with Crippen LogP contribution >= 0.6 is 0 Å². The lowest BCUT2D eigenvalue weighted by Gasteiger charge is -2.13. The summed E-state index contributed by atoms with van der Waals surface area (Å²) >= 11 is 0. The summed E-state index contributed by atoms with van der Waals surface area (Å²) in [7, 11) is 0. The number of benzene rings is 2. The number of furan rings is 1. The van der Waals surface area contributed by atoms with E-state index >= 15 is 0 Å². The molecule has 0 radical (unpaired) electrons. The summed E-state index contributed by atoms with van der Waals surface area (Å²) in [5.74, 6) is 1.41. The molecule has 0 fully saturated rings. The van der Waals surface area contributed by atoms with Crippen molar-refractivity contribution in [2.75, 3.05) is 6.61 Å². The summed E-state index contributed by atoms with van der Waals surface area (Å²) < 4.78 is 10.8. The van der Waals surface area contributed by atoms with Gasteiger partial charge in [-0.15, -0.1) is 0 Å². The van der Waals surface area contributed by atoms with Crippen LogP contribution in [0.15, 0.2) is 65.3 Å². The molecule has 1 aromatic heterocycles. The van der Waals surface area contributed by atoms with Crippen molar-refractivity contribution in [3.63, 3.8) is 0 Å². The minimum absolute atomic E-state index is 0.000828. The standard InChI is InChI=1S/C19H19NO3/c1-14(11-17-7-4-10-22-17)20-19(21)13-23-18-9-8-15-5-2-3-6-16(15)12-18/h2-10,12,14H,11,13H2,1H3,(H,20,21). The average Bonchev–Trinajstić information content (AvgIpc) is 3.05. The number of hydrogen-bond donors (Lipinski definition) is 1. The largest absolute Gasteiger partial charge is 0.484 e. The topological polar surface area (TPSA) is 51.5 Å². The molecule has 0 aliphatic rings. The molecule has 3 aromatic rings. The first-order valence-corrected chi connectivity index (χ1v) is 7.64. The van der Waals surface area contributed by atoms with Crippen molar-refractivity contribution in [2.24, 2.45) is 0 Å². The molecule has 0 saturated carbocycles. The first kappa shape index (κ1) is 15.2. The van der Waals surface area contributed by atoms with Gasteiger partial charge in [0.05, 0.1) is 6.26 Å². The maximum Gasteiger partial charge on any atom is 0.258 e. The summed E-state index contributed by atoms with van der Waals surface area (Å²) in [6.07, 6.45) is 2.29. The van der Waals surface area contributed by atoms with Gasteiger partial charge in [0, 0.05) is 12.5 Å². The number of carbonyl (C=O) groups excluding carboxylic acids is 1. The number of amides is 1. The zero-order valence-electron chi connectivity index (χ0n) is 13.0. The Labute approximate surface area is 135 Å². The molecule has 3 rings (SSSR count). The lowest BCUT2D eigenvalue weighted by molar-refractivity contribution is -0.123. The molecule has 1 atom stereocenters. The molecule has 0 saturated heterocycles. The van der Waals surface area contributed by atoms with Gasteiger partial charge < -0.3 is 14.5 Å². The van der Waals surface area contributed by atoms with Crippen LogP contribution in [0.2, 0.25) is 0 Å². The molecule has 0 spiro atoms. The highest BCUT2D eigenvalue weighted by Gasteiger charge is 2.10. The number of rotatable bonds is 6. The van der Waals surface area contributed by atoms with Crippen molar-refractivity contribution >= 4 is 16.7 Å². The zero-order chi connectivity index (χ0) is 16.1. The molecular formula is C19H19NO3. The van der Waals surface area contributed by atoms with E-state index in [0.29, 0.717) is 12.2 Å². The molecule has 2 aromatic carbocycles. The van der Waals surface area contributed by atoms with E-state index in [9.17, 15) is 4.79 Å². The minimum Gasteiger partial charge on any atom is -0.484 e. The van der Waals surface area contributed by atoms with Gasteiger partial charge in [0.1, 0.15) is 11.5 Å². The third-order valence-corrected chi connectivity index (χ3v) is 3.59. The number of fused-ring (bicyclic) bond motifs is 1. The van der Waals surface area contributed by atoms with E-state index in [1.165, 1.54) is 0 Å². The van der Waals surface area contributed by atoms with Gasteiger partial charge in [-0.3, -0.25) is 4.79 Å². The van der Waals surface area contributed by atoms with E-state index in [4.69, 9.17) is 9.15 Å². The second-order valence-electron chi connectivity index (χ2n) is 5.55. The smallest absolute Gasteiger partial charge is 0.258 e. The van der Waals surface area contributed by atoms with Crippen molar-refractivity contribution in [1.29, 1.82) is 0 Å². The van der Waals surface area contributed by atoms with E-state index in [-0.39, 0.29) is 18.6 Å². The second-order valence-corrected chi connectivity index (χ2v) is 5.55. The Balaban J connectivity index is 1.51. The van der Waals surface area contributed by atoms with E-state index < -0.39 is 0 Å². The first-order valence-electron chi connectivity index (χ1n) is 7.64. The lowest BCUT2D eigenvalue weighted by Crippen LogP contribution is -2.37. The van der Waals surface area contributed by atoms with Crippen LogP contribution in [0, 0.1) is 0 Å². The normalized spacial score (nSPS) is 12.0. The highest BCUT2D eigenvalue weighted by molar-refractivity contribution is 5.84. The number of carbonyl (C=O) groups is 1. The second kappa shape index (κ2) is 7.01. The van der Waals surface area contributed by atoms with Crippen LogP contribution in [0.5, 0.6) is 5.75 Å². The van der Waals surface area contributed by atoms with Gasteiger partial charge in [-0.2, -0.15) is 0 Å². The Kier molecular flexibility index (Phi) is 4.62. The molecule has 4 heteroatoms. The van der Waals surface area contributed by atoms with Gasteiger partial charge in [0.2, 0.25) is 0 Å². The molecule has 1 amide bonds. The van der Waals surface area contributed by atoms with Crippen molar-refractivity contribution in [1.82, 2.24) is 5.32 Å². The Hall–Kier alpha value is -2.75. The summed E-state index contributed by atoms with van der Waals surface area (Å²) in [5, 5.41) is 5.15.